The highest BCUT2D eigenvalue weighted by Gasteiger charge is 2.13. The van der Waals surface area contributed by atoms with E-state index in [-0.39, 0.29) is 18.1 Å². The summed E-state index contributed by atoms with van der Waals surface area (Å²) in [4.78, 5) is 21.5. The average Bonchev–Trinajstić information content (AvgIpc) is 2.65. The van der Waals surface area contributed by atoms with E-state index < -0.39 is 0 Å². The van der Waals surface area contributed by atoms with Crippen LogP contribution in [0.2, 0.25) is 0 Å². The number of carbonyl (C=O) groups excluding carboxylic acids is 1. The van der Waals surface area contributed by atoms with Crippen molar-refractivity contribution in [3.8, 4) is 11.5 Å². The molecular weight excluding hydrogens is 316 g/mol. The van der Waals surface area contributed by atoms with Crippen LogP contribution in [0, 0.1) is 0 Å². The van der Waals surface area contributed by atoms with Gasteiger partial charge < -0.3 is 9.94 Å². The van der Waals surface area contributed by atoms with Crippen LogP contribution in [0.25, 0.3) is 0 Å². The summed E-state index contributed by atoms with van der Waals surface area (Å²) in [6.45, 7) is 0. The van der Waals surface area contributed by atoms with Gasteiger partial charge >= 0.3 is 0 Å². The van der Waals surface area contributed by atoms with E-state index in [0.717, 1.165) is 11.1 Å². The molecule has 0 aliphatic rings. The first kappa shape index (κ1) is 16.5. The average molecular weight is 334 g/mol. The number of hydrogen-bond acceptors (Lipinski definition) is 4. The van der Waals surface area contributed by atoms with Crippen molar-refractivity contribution < 1.29 is 14.7 Å². The second-order valence-corrected chi connectivity index (χ2v) is 5.57. The maximum Gasteiger partial charge on any atom is 0.257 e. The van der Waals surface area contributed by atoms with Crippen LogP contribution in [0.5, 0.6) is 11.5 Å². The van der Waals surface area contributed by atoms with E-state index in [1.165, 1.54) is 0 Å². The molecule has 0 bridgehead atoms. The first-order chi connectivity index (χ1) is 12.2. The number of aromatic hydroxyl groups is 1. The zero-order valence-corrected chi connectivity index (χ0v) is 13.6. The quantitative estimate of drug-likeness (QED) is 0.680. The van der Waals surface area contributed by atoms with E-state index in [9.17, 15) is 9.90 Å². The Morgan fingerprint density at radius 3 is 2.64 bits per heavy atom. The first-order valence-electron chi connectivity index (χ1n) is 7.92. The minimum absolute atomic E-state index is 0.0229. The molecule has 0 fully saturated rings. The molecule has 0 spiro atoms. The Morgan fingerprint density at radius 1 is 1.04 bits per heavy atom. The summed E-state index contributed by atoms with van der Waals surface area (Å²) in [6, 6.07) is 18.0. The molecule has 0 aliphatic heterocycles. The fraction of sp³-hybridized carbons (Fsp3) is 0.100. The topological polar surface area (TPSA) is 71.5 Å². The van der Waals surface area contributed by atoms with Crippen LogP contribution in [-0.4, -0.2) is 16.0 Å². The Morgan fingerprint density at radius 2 is 1.88 bits per heavy atom. The molecular formula is C20H18N2O3. The number of rotatable bonds is 6. The number of aromatic nitrogens is 1. The fourth-order valence-corrected chi connectivity index (χ4v) is 2.51. The lowest BCUT2D eigenvalue weighted by molar-refractivity contribution is -0.127. The second kappa shape index (κ2) is 7.97. The van der Waals surface area contributed by atoms with Gasteiger partial charge in [0.2, 0.25) is 0 Å². The third kappa shape index (κ3) is 4.57. The lowest BCUT2D eigenvalue weighted by atomic mass is 9.97. The van der Waals surface area contributed by atoms with Crippen molar-refractivity contribution in [1.82, 2.24) is 10.5 Å². The Kier molecular flexibility index (Phi) is 5.26. The summed E-state index contributed by atoms with van der Waals surface area (Å²) in [5, 5.41) is 10.2. The zero-order chi connectivity index (χ0) is 17.5. The summed E-state index contributed by atoms with van der Waals surface area (Å²) < 4.78 is 0. The van der Waals surface area contributed by atoms with Crippen LogP contribution in [0.15, 0.2) is 73.1 Å². The third-order valence-electron chi connectivity index (χ3n) is 3.73. The largest absolute Gasteiger partial charge is 0.508 e. The molecule has 0 saturated heterocycles. The van der Waals surface area contributed by atoms with E-state index in [2.05, 4.69) is 10.5 Å². The van der Waals surface area contributed by atoms with Gasteiger partial charge in [0.15, 0.2) is 5.75 Å². The SMILES string of the molecule is O=C(Cc1c(O)cccc1Cc1cccnc1)NOc1ccccc1. The molecule has 1 heterocycles. The molecule has 1 aromatic heterocycles. The van der Waals surface area contributed by atoms with Gasteiger partial charge in [-0.1, -0.05) is 36.4 Å². The Balaban J connectivity index is 1.70. The fourth-order valence-electron chi connectivity index (χ4n) is 2.51. The van der Waals surface area contributed by atoms with Crippen LogP contribution in [-0.2, 0) is 17.6 Å². The molecule has 0 radical (unpaired) electrons. The number of hydroxylamine groups is 1. The van der Waals surface area contributed by atoms with Gasteiger partial charge in [-0.2, -0.15) is 5.48 Å². The number of phenolic OH excluding ortho intramolecular Hbond substituents is 1. The number of amides is 1. The highest BCUT2D eigenvalue weighted by molar-refractivity contribution is 5.79. The highest BCUT2D eigenvalue weighted by atomic mass is 16.7. The van der Waals surface area contributed by atoms with Gasteiger partial charge in [-0.3, -0.25) is 9.78 Å². The van der Waals surface area contributed by atoms with Crippen molar-refractivity contribution in [2.75, 3.05) is 0 Å². The lowest BCUT2D eigenvalue weighted by Crippen LogP contribution is -2.28. The summed E-state index contributed by atoms with van der Waals surface area (Å²) >= 11 is 0. The van der Waals surface area contributed by atoms with E-state index >= 15 is 0 Å². The van der Waals surface area contributed by atoms with Crippen molar-refractivity contribution >= 4 is 5.91 Å². The van der Waals surface area contributed by atoms with E-state index in [1.54, 1.807) is 36.7 Å². The molecule has 5 heteroatoms. The Bertz CT molecular complexity index is 836. The number of para-hydroxylation sites is 1. The molecule has 2 N–H and O–H groups in total. The molecule has 1 amide bonds. The van der Waals surface area contributed by atoms with Crippen LogP contribution >= 0.6 is 0 Å². The Hall–Kier alpha value is -3.34. The van der Waals surface area contributed by atoms with E-state index in [4.69, 9.17) is 4.84 Å². The maximum atomic E-state index is 12.2. The van der Waals surface area contributed by atoms with E-state index in [0.29, 0.717) is 17.7 Å². The number of nitrogens with zero attached hydrogens (tertiary/aromatic N) is 1. The molecule has 126 valence electrons. The smallest absolute Gasteiger partial charge is 0.257 e. The van der Waals surface area contributed by atoms with Crippen molar-refractivity contribution in [2.24, 2.45) is 0 Å². The predicted molar refractivity (Wildman–Crippen MR) is 94.1 cm³/mol. The summed E-state index contributed by atoms with van der Waals surface area (Å²) in [6.07, 6.45) is 4.09. The minimum atomic E-state index is -0.335. The molecule has 5 nitrogen and oxygen atoms in total. The molecule has 0 saturated carbocycles. The van der Waals surface area contributed by atoms with Gasteiger partial charge in [0.1, 0.15) is 5.75 Å². The molecule has 25 heavy (non-hydrogen) atoms. The molecule has 0 aliphatic carbocycles. The lowest BCUT2D eigenvalue weighted by Gasteiger charge is -2.12. The zero-order valence-electron chi connectivity index (χ0n) is 13.6. The normalized spacial score (nSPS) is 10.2. The van der Waals surface area contributed by atoms with Gasteiger partial charge in [0, 0.05) is 18.0 Å². The maximum absolute atomic E-state index is 12.2. The van der Waals surface area contributed by atoms with Crippen LogP contribution in [0.4, 0.5) is 0 Å². The van der Waals surface area contributed by atoms with E-state index in [1.807, 2.05) is 36.4 Å². The first-order valence-corrected chi connectivity index (χ1v) is 7.92. The molecule has 0 unspecified atom stereocenters. The van der Waals surface area contributed by atoms with Crippen molar-refractivity contribution in [1.29, 1.82) is 0 Å². The van der Waals surface area contributed by atoms with Crippen LogP contribution < -0.4 is 10.3 Å². The van der Waals surface area contributed by atoms with Gasteiger partial charge in [-0.25, -0.2) is 0 Å². The number of hydrogen-bond donors (Lipinski definition) is 2. The number of phenols is 1. The highest BCUT2D eigenvalue weighted by Crippen LogP contribution is 2.24. The van der Waals surface area contributed by atoms with Crippen molar-refractivity contribution in [2.45, 2.75) is 12.8 Å². The summed E-state index contributed by atoms with van der Waals surface area (Å²) in [7, 11) is 0. The number of carbonyl (C=O) groups is 1. The second-order valence-electron chi connectivity index (χ2n) is 5.57. The Labute approximate surface area is 145 Å². The number of nitrogens with one attached hydrogen (secondary N) is 1. The molecule has 0 atom stereocenters. The molecule has 3 aromatic rings. The van der Waals surface area contributed by atoms with Crippen LogP contribution in [0.1, 0.15) is 16.7 Å². The third-order valence-corrected chi connectivity index (χ3v) is 3.73. The number of benzene rings is 2. The monoisotopic (exact) mass is 334 g/mol. The molecule has 3 rings (SSSR count). The van der Waals surface area contributed by atoms with Crippen molar-refractivity contribution in [3.63, 3.8) is 0 Å². The van der Waals surface area contributed by atoms with Gasteiger partial charge in [-0.05, 0) is 41.8 Å². The number of pyridine rings is 1. The predicted octanol–water partition coefficient (Wildman–Crippen LogP) is 3.03. The van der Waals surface area contributed by atoms with Crippen molar-refractivity contribution in [3.05, 3.63) is 89.7 Å². The molecule has 2 aromatic carbocycles. The minimum Gasteiger partial charge on any atom is -0.508 e. The van der Waals surface area contributed by atoms with Crippen LogP contribution in [0.3, 0.4) is 0 Å². The van der Waals surface area contributed by atoms with Gasteiger partial charge in [0.05, 0.1) is 6.42 Å². The van der Waals surface area contributed by atoms with Gasteiger partial charge in [0.25, 0.3) is 5.91 Å². The van der Waals surface area contributed by atoms with Gasteiger partial charge in [-0.15, -0.1) is 0 Å². The summed E-state index contributed by atoms with van der Waals surface area (Å²) in [5.41, 5.74) is 4.87. The summed E-state index contributed by atoms with van der Waals surface area (Å²) in [5.74, 6) is 0.303. The standard InChI is InChI=1S/C20H18N2O3/c23-19-10-4-7-16(12-15-6-5-11-21-14-15)18(19)13-20(24)22-25-17-8-2-1-3-9-17/h1-11,14,23H,12-13H2,(H,22,24).